The largest absolute Gasteiger partial charge is 0.407 e. The molecule has 0 radical (unpaired) electrons. The molecule has 0 amide bonds. The predicted molar refractivity (Wildman–Crippen MR) is 89.0 cm³/mol. The van der Waals surface area contributed by atoms with Crippen molar-refractivity contribution in [1.82, 2.24) is 10.2 Å². The number of benzene rings is 1. The predicted octanol–water partition coefficient (Wildman–Crippen LogP) is 2.64. The van der Waals surface area contributed by atoms with Gasteiger partial charge in [0.25, 0.3) is 0 Å². The van der Waals surface area contributed by atoms with Crippen LogP contribution in [0.4, 0.5) is 6.01 Å². The zero-order valence-electron chi connectivity index (χ0n) is 13.6. The van der Waals surface area contributed by atoms with Gasteiger partial charge in [-0.05, 0) is 38.5 Å². The summed E-state index contributed by atoms with van der Waals surface area (Å²) in [5.74, 6) is 0.429. The van der Waals surface area contributed by atoms with Crippen molar-refractivity contribution < 1.29 is 12.8 Å². The van der Waals surface area contributed by atoms with Gasteiger partial charge >= 0.3 is 6.01 Å². The van der Waals surface area contributed by atoms with E-state index in [9.17, 15) is 8.42 Å². The first-order valence-electron chi connectivity index (χ1n) is 7.31. The lowest BCUT2D eigenvalue weighted by atomic mass is 9.85. The molecule has 8 heteroatoms. The van der Waals surface area contributed by atoms with Crippen LogP contribution in [0.2, 0.25) is 0 Å². The molecular weight excluding hydrogens is 328 g/mol. The van der Waals surface area contributed by atoms with Crippen molar-refractivity contribution >= 4 is 15.9 Å². The lowest BCUT2D eigenvalue weighted by molar-refractivity contribution is 0.420. The third-order valence-electron chi connectivity index (χ3n) is 3.51. The number of rotatable bonds is 6. The molecule has 0 aliphatic rings. The zero-order valence-corrected chi connectivity index (χ0v) is 14.5. The molecule has 0 aliphatic heterocycles. The van der Waals surface area contributed by atoms with E-state index in [4.69, 9.17) is 9.68 Å². The Morgan fingerprint density at radius 2 is 1.96 bits per heavy atom. The normalized spacial score (nSPS) is 12.2. The fraction of sp³-hybridized carbons (Fsp3) is 0.312. The van der Waals surface area contributed by atoms with E-state index in [0.717, 1.165) is 17.0 Å². The van der Waals surface area contributed by atoms with E-state index in [-0.39, 0.29) is 4.90 Å². The van der Waals surface area contributed by atoms with Crippen LogP contribution in [0.15, 0.2) is 45.1 Å². The van der Waals surface area contributed by atoms with Crippen molar-refractivity contribution in [2.45, 2.75) is 31.1 Å². The van der Waals surface area contributed by atoms with Gasteiger partial charge in [-0.25, -0.2) is 8.42 Å². The molecule has 0 aliphatic carbocycles. The maximum Gasteiger partial charge on any atom is 0.315 e. The highest BCUT2D eigenvalue weighted by Gasteiger charge is 2.30. The van der Waals surface area contributed by atoms with Crippen LogP contribution in [0.25, 0.3) is 0 Å². The molecule has 0 spiro atoms. The van der Waals surface area contributed by atoms with Crippen LogP contribution in [-0.4, -0.2) is 25.2 Å². The van der Waals surface area contributed by atoms with Crippen LogP contribution in [0.5, 0.6) is 0 Å². The summed E-state index contributed by atoms with van der Waals surface area (Å²) in [5, 5.41) is 20.3. The van der Waals surface area contributed by atoms with E-state index in [1.165, 1.54) is 12.1 Å². The molecular formula is C16H18N4O3S. The maximum atomic E-state index is 12.0. The maximum absolute atomic E-state index is 12.0. The Hall–Kier alpha value is -2.66. The van der Waals surface area contributed by atoms with Gasteiger partial charge in [0.05, 0.1) is 16.4 Å². The second-order valence-corrected chi connectivity index (χ2v) is 7.40. The van der Waals surface area contributed by atoms with Gasteiger partial charge in [0, 0.05) is 18.0 Å². The molecule has 2 aromatic rings. The summed E-state index contributed by atoms with van der Waals surface area (Å²) in [6.07, 6.45) is 0.938. The lowest BCUT2D eigenvalue weighted by Crippen LogP contribution is -2.19. The molecule has 0 bridgehead atoms. The Bertz CT molecular complexity index is 875. The SMILES string of the molecule is CCNc1nnc(C(C)(C)c2ccc(S(=O)(=O)/C=C/C#N)cc2)o1. The van der Waals surface area contributed by atoms with Gasteiger partial charge in [-0.15, -0.1) is 5.10 Å². The Morgan fingerprint density at radius 3 is 2.54 bits per heavy atom. The average Bonchev–Trinajstić information content (AvgIpc) is 3.03. The first-order valence-corrected chi connectivity index (χ1v) is 8.85. The van der Waals surface area contributed by atoms with Gasteiger partial charge < -0.3 is 9.73 Å². The van der Waals surface area contributed by atoms with E-state index in [1.807, 2.05) is 20.8 Å². The van der Waals surface area contributed by atoms with Crippen molar-refractivity contribution in [3.8, 4) is 6.07 Å². The molecule has 1 heterocycles. The van der Waals surface area contributed by atoms with Crippen LogP contribution >= 0.6 is 0 Å². The summed E-state index contributed by atoms with van der Waals surface area (Å²) in [5.41, 5.74) is 0.253. The number of allylic oxidation sites excluding steroid dienone is 1. The molecule has 0 unspecified atom stereocenters. The summed E-state index contributed by atoms with van der Waals surface area (Å²) in [6, 6.07) is 8.41. The number of nitrogens with zero attached hydrogens (tertiary/aromatic N) is 3. The molecule has 1 N–H and O–H groups in total. The molecule has 0 fully saturated rings. The molecule has 24 heavy (non-hydrogen) atoms. The molecule has 2 rings (SSSR count). The van der Waals surface area contributed by atoms with Gasteiger partial charge in [0.2, 0.25) is 15.7 Å². The van der Waals surface area contributed by atoms with Crippen molar-refractivity contribution in [3.63, 3.8) is 0 Å². The molecule has 1 aromatic heterocycles. The minimum Gasteiger partial charge on any atom is -0.407 e. The minimum atomic E-state index is -3.62. The van der Waals surface area contributed by atoms with Crippen molar-refractivity contribution in [2.75, 3.05) is 11.9 Å². The first-order chi connectivity index (χ1) is 11.3. The Morgan fingerprint density at radius 1 is 1.29 bits per heavy atom. The van der Waals surface area contributed by atoms with Crippen LogP contribution < -0.4 is 5.32 Å². The van der Waals surface area contributed by atoms with Gasteiger partial charge in [-0.1, -0.05) is 17.2 Å². The van der Waals surface area contributed by atoms with Gasteiger partial charge in [-0.3, -0.25) is 0 Å². The fourth-order valence-electron chi connectivity index (χ4n) is 2.08. The highest BCUT2D eigenvalue weighted by molar-refractivity contribution is 7.94. The van der Waals surface area contributed by atoms with E-state index >= 15 is 0 Å². The summed E-state index contributed by atoms with van der Waals surface area (Å²) in [4.78, 5) is 0.118. The summed E-state index contributed by atoms with van der Waals surface area (Å²) < 4.78 is 29.6. The highest BCUT2D eigenvalue weighted by Crippen LogP contribution is 2.32. The number of anilines is 1. The number of aromatic nitrogens is 2. The van der Waals surface area contributed by atoms with Crippen LogP contribution in [0.3, 0.4) is 0 Å². The monoisotopic (exact) mass is 346 g/mol. The second-order valence-electron chi connectivity index (χ2n) is 5.57. The Labute approximate surface area is 140 Å². The molecule has 0 saturated carbocycles. The third-order valence-corrected chi connectivity index (χ3v) is 4.94. The number of nitriles is 1. The summed E-state index contributed by atoms with van der Waals surface area (Å²) in [6.45, 7) is 6.42. The van der Waals surface area contributed by atoms with E-state index in [2.05, 4.69) is 15.5 Å². The van der Waals surface area contributed by atoms with Gasteiger partial charge in [0.15, 0.2) is 0 Å². The molecule has 0 saturated heterocycles. The number of nitrogens with one attached hydrogen (secondary N) is 1. The number of hydrogen-bond acceptors (Lipinski definition) is 7. The zero-order chi connectivity index (χ0) is 17.8. The van der Waals surface area contributed by atoms with Crippen LogP contribution in [0.1, 0.15) is 32.2 Å². The summed E-state index contributed by atoms with van der Waals surface area (Å²) >= 11 is 0. The Balaban J connectivity index is 2.32. The van der Waals surface area contributed by atoms with Crippen molar-refractivity contribution in [3.05, 3.63) is 47.2 Å². The fourth-order valence-corrected chi connectivity index (χ4v) is 2.99. The molecule has 1 aromatic carbocycles. The number of sulfone groups is 1. The van der Waals surface area contributed by atoms with Crippen molar-refractivity contribution in [2.24, 2.45) is 0 Å². The average molecular weight is 346 g/mol. The van der Waals surface area contributed by atoms with E-state index < -0.39 is 15.3 Å². The van der Waals surface area contributed by atoms with Crippen LogP contribution in [0, 0.1) is 11.3 Å². The third kappa shape index (κ3) is 3.63. The number of hydrogen-bond donors (Lipinski definition) is 1. The Kier molecular flexibility index (Phi) is 5.04. The molecule has 7 nitrogen and oxygen atoms in total. The summed E-state index contributed by atoms with van der Waals surface area (Å²) in [7, 11) is -3.62. The molecule has 0 atom stereocenters. The topological polar surface area (TPSA) is 109 Å². The quantitative estimate of drug-likeness (QED) is 0.801. The van der Waals surface area contributed by atoms with Gasteiger partial charge in [-0.2, -0.15) is 5.26 Å². The first kappa shape index (κ1) is 17.7. The molecule has 126 valence electrons. The van der Waals surface area contributed by atoms with Crippen LogP contribution in [-0.2, 0) is 15.3 Å². The van der Waals surface area contributed by atoms with Gasteiger partial charge in [0.1, 0.15) is 0 Å². The minimum absolute atomic E-state index is 0.118. The van der Waals surface area contributed by atoms with E-state index in [0.29, 0.717) is 18.5 Å². The highest BCUT2D eigenvalue weighted by atomic mass is 32.2. The second kappa shape index (κ2) is 6.84. The lowest BCUT2D eigenvalue weighted by Gasteiger charge is -2.20. The smallest absolute Gasteiger partial charge is 0.315 e. The van der Waals surface area contributed by atoms with Crippen molar-refractivity contribution in [1.29, 1.82) is 5.26 Å². The standard InChI is InChI=1S/C16H18N4O3S/c1-4-18-15-20-19-14(23-15)16(2,3)12-6-8-13(9-7-12)24(21,22)11-5-10-17/h5-9,11H,4H2,1-3H3,(H,18,20)/b11-5+. The van der Waals surface area contributed by atoms with E-state index in [1.54, 1.807) is 18.2 Å².